The van der Waals surface area contributed by atoms with Crippen molar-refractivity contribution in [2.45, 2.75) is 13.3 Å². The monoisotopic (exact) mass is 321 g/mol. The second kappa shape index (κ2) is 7.00. The molecule has 0 aliphatic carbocycles. The second-order valence-electron chi connectivity index (χ2n) is 5.33. The van der Waals surface area contributed by atoms with Crippen LogP contribution in [0.15, 0.2) is 59.8 Å². The Balaban J connectivity index is 1.80. The van der Waals surface area contributed by atoms with Crippen molar-refractivity contribution >= 4 is 22.5 Å². The molecule has 0 atom stereocenters. The number of nitrogens with zero attached hydrogens (tertiary/aromatic N) is 1. The molecule has 0 radical (unpaired) electrons. The molecule has 0 saturated carbocycles. The lowest BCUT2D eigenvalue weighted by Crippen LogP contribution is -2.19. The van der Waals surface area contributed by atoms with Crippen LogP contribution in [-0.4, -0.2) is 23.7 Å². The molecule has 3 aromatic rings. The molecular formula is C19H19N3O2. The van der Waals surface area contributed by atoms with Crippen LogP contribution in [0.1, 0.15) is 29.3 Å². The fraction of sp³-hybridized carbons (Fsp3) is 0.158. The zero-order chi connectivity index (χ0) is 16.9. The van der Waals surface area contributed by atoms with Crippen LogP contribution in [0.5, 0.6) is 5.75 Å². The lowest BCUT2D eigenvalue weighted by atomic mass is 10.1. The van der Waals surface area contributed by atoms with Crippen LogP contribution < -0.4 is 10.2 Å². The normalized spacial score (nSPS) is 11.5. The van der Waals surface area contributed by atoms with Gasteiger partial charge in [-0.2, -0.15) is 5.10 Å². The van der Waals surface area contributed by atoms with Crippen LogP contribution in [0.25, 0.3) is 10.9 Å². The number of nitrogens with one attached hydrogen (secondary N) is 2. The highest BCUT2D eigenvalue weighted by Gasteiger charge is 2.11. The van der Waals surface area contributed by atoms with Gasteiger partial charge in [0.1, 0.15) is 5.75 Å². The van der Waals surface area contributed by atoms with Gasteiger partial charge in [0.05, 0.1) is 18.4 Å². The lowest BCUT2D eigenvalue weighted by molar-refractivity contribution is 0.0956. The first-order valence-electron chi connectivity index (χ1n) is 7.80. The number of ether oxygens (including phenoxy) is 1. The number of fused-ring (bicyclic) bond motifs is 1. The summed E-state index contributed by atoms with van der Waals surface area (Å²) in [6, 6.07) is 15.3. The van der Waals surface area contributed by atoms with Gasteiger partial charge in [0.25, 0.3) is 5.91 Å². The van der Waals surface area contributed by atoms with Gasteiger partial charge in [-0.1, -0.05) is 25.1 Å². The van der Waals surface area contributed by atoms with Gasteiger partial charge in [-0.05, 0) is 42.3 Å². The lowest BCUT2D eigenvalue weighted by Gasteiger charge is -2.06. The van der Waals surface area contributed by atoms with Gasteiger partial charge >= 0.3 is 0 Å². The average molecular weight is 321 g/mol. The van der Waals surface area contributed by atoms with Crippen LogP contribution in [0.4, 0.5) is 0 Å². The minimum Gasteiger partial charge on any atom is -0.497 e. The number of carbonyl (C=O) groups is 1. The van der Waals surface area contributed by atoms with E-state index in [4.69, 9.17) is 4.74 Å². The van der Waals surface area contributed by atoms with Crippen molar-refractivity contribution in [3.05, 3.63) is 65.9 Å². The standard InChI is InChI=1S/C19H19N3O2/c1-3-17(13-8-10-14(24-2)11-9-13)21-22-19(23)16-12-20-18-7-5-4-6-15(16)18/h4-12,20H,3H2,1-2H3,(H,22,23)/b21-17-. The first kappa shape index (κ1) is 15.8. The Kier molecular flexibility index (Phi) is 4.61. The Bertz CT molecular complexity index is 879. The number of hydrogen-bond donors (Lipinski definition) is 2. The van der Waals surface area contributed by atoms with Gasteiger partial charge in [0.15, 0.2) is 0 Å². The number of hydrogen-bond acceptors (Lipinski definition) is 3. The average Bonchev–Trinajstić information content (AvgIpc) is 3.07. The van der Waals surface area contributed by atoms with E-state index < -0.39 is 0 Å². The van der Waals surface area contributed by atoms with Gasteiger partial charge in [0.2, 0.25) is 0 Å². The number of aromatic nitrogens is 1. The van der Waals surface area contributed by atoms with Gasteiger partial charge in [-0.25, -0.2) is 5.43 Å². The fourth-order valence-corrected chi connectivity index (χ4v) is 2.57. The molecule has 1 amide bonds. The van der Waals surface area contributed by atoms with Gasteiger partial charge < -0.3 is 9.72 Å². The summed E-state index contributed by atoms with van der Waals surface area (Å²) in [5, 5.41) is 5.18. The zero-order valence-corrected chi connectivity index (χ0v) is 13.7. The summed E-state index contributed by atoms with van der Waals surface area (Å²) >= 11 is 0. The molecule has 0 unspecified atom stereocenters. The summed E-state index contributed by atoms with van der Waals surface area (Å²) in [7, 11) is 1.63. The SMILES string of the molecule is CC/C(=N/NC(=O)c1c[nH]c2ccccc12)c1ccc(OC)cc1. The predicted octanol–water partition coefficient (Wildman–Crippen LogP) is 3.72. The van der Waals surface area contributed by atoms with E-state index in [1.165, 1.54) is 0 Å². The molecule has 122 valence electrons. The molecule has 2 aromatic carbocycles. The number of benzene rings is 2. The Morgan fingerprint density at radius 2 is 1.92 bits per heavy atom. The van der Waals surface area contributed by atoms with Crippen molar-refractivity contribution in [3.63, 3.8) is 0 Å². The Labute approximate surface area is 140 Å². The quantitative estimate of drug-likeness (QED) is 0.555. The number of rotatable bonds is 5. The summed E-state index contributed by atoms with van der Waals surface area (Å²) in [6.07, 6.45) is 2.41. The number of carbonyl (C=O) groups excluding carboxylic acids is 1. The van der Waals surface area contributed by atoms with E-state index >= 15 is 0 Å². The molecule has 0 aliphatic rings. The largest absolute Gasteiger partial charge is 0.497 e. The van der Waals surface area contributed by atoms with E-state index in [2.05, 4.69) is 15.5 Å². The summed E-state index contributed by atoms with van der Waals surface area (Å²) in [6.45, 7) is 2.00. The molecule has 3 rings (SSSR count). The molecule has 5 nitrogen and oxygen atoms in total. The molecule has 0 saturated heterocycles. The molecule has 0 bridgehead atoms. The summed E-state index contributed by atoms with van der Waals surface area (Å²) < 4.78 is 5.16. The highest BCUT2D eigenvalue weighted by molar-refractivity contribution is 6.07. The summed E-state index contributed by atoms with van der Waals surface area (Å²) in [5.74, 6) is 0.559. The number of para-hydroxylation sites is 1. The summed E-state index contributed by atoms with van der Waals surface area (Å²) in [4.78, 5) is 15.5. The zero-order valence-electron chi connectivity index (χ0n) is 13.7. The second-order valence-corrected chi connectivity index (χ2v) is 5.33. The van der Waals surface area contributed by atoms with Crippen molar-refractivity contribution < 1.29 is 9.53 Å². The van der Waals surface area contributed by atoms with Gasteiger partial charge in [-0.15, -0.1) is 0 Å². The molecular weight excluding hydrogens is 302 g/mol. The minimum atomic E-state index is -0.230. The maximum absolute atomic E-state index is 12.4. The third kappa shape index (κ3) is 3.15. The van der Waals surface area contributed by atoms with Crippen molar-refractivity contribution in [1.29, 1.82) is 0 Å². The number of H-pyrrole nitrogens is 1. The van der Waals surface area contributed by atoms with Crippen molar-refractivity contribution in [2.75, 3.05) is 7.11 Å². The van der Waals surface area contributed by atoms with Crippen LogP contribution >= 0.6 is 0 Å². The van der Waals surface area contributed by atoms with E-state index in [1.54, 1.807) is 13.3 Å². The molecule has 24 heavy (non-hydrogen) atoms. The van der Waals surface area contributed by atoms with E-state index in [0.717, 1.165) is 27.9 Å². The smallest absolute Gasteiger partial charge is 0.273 e. The third-order valence-corrected chi connectivity index (χ3v) is 3.88. The Morgan fingerprint density at radius 1 is 1.17 bits per heavy atom. The topological polar surface area (TPSA) is 66.5 Å². The molecule has 1 aromatic heterocycles. The number of aromatic amines is 1. The van der Waals surface area contributed by atoms with Crippen LogP contribution in [-0.2, 0) is 0 Å². The molecule has 0 aliphatic heterocycles. The third-order valence-electron chi connectivity index (χ3n) is 3.88. The van der Waals surface area contributed by atoms with Crippen molar-refractivity contribution in [1.82, 2.24) is 10.4 Å². The first-order valence-corrected chi connectivity index (χ1v) is 7.80. The first-order chi connectivity index (χ1) is 11.7. The van der Waals surface area contributed by atoms with Crippen molar-refractivity contribution in [3.8, 4) is 5.75 Å². The highest BCUT2D eigenvalue weighted by atomic mass is 16.5. The van der Waals surface area contributed by atoms with E-state index in [9.17, 15) is 4.79 Å². The van der Waals surface area contributed by atoms with E-state index in [0.29, 0.717) is 12.0 Å². The molecule has 5 heteroatoms. The fourth-order valence-electron chi connectivity index (χ4n) is 2.57. The Hall–Kier alpha value is -3.08. The maximum atomic E-state index is 12.4. The van der Waals surface area contributed by atoms with E-state index in [1.807, 2.05) is 55.5 Å². The molecule has 1 heterocycles. The van der Waals surface area contributed by atoms with Crippen molar-refractivity contribution in [2.24, 2.45) is 5.10 Å². The van der Waals surface area contributed by atoms with Crippen LogP contribution in [0.2, 0.25) is 0 Å². The highest BCUT2D eigenvalue weighted by Crippen LogP contribution is 2.17. The minimum absolute atomic E-state index is 0.230. The number of hydrazone groups is 1. The van der Waals surface area contributed by atoms with Gasteiger partial charge in [-0.3, -0.25) is 4.79 Å². The van der Waals surface area contributed by atoms with Crippen LogP contribution in [0.3, 0.4) is 0 Å². The number of amides is 1. The maximum Gasteiger partial charge on any atom is 0.273 e. The molecule has 0 spiro atoms. The van der Waals surface area contributed by atoms with Gasteiger partial charge in [0, 0.05) is 17.1 Å². The summed E-state index contributed by atoms with van der Waals surface area (Å²) in [5.41, 5.74) is 5.93. The predicted molar refractivity (Wildman–Crippen MR) is 95.6 cm³/mol. The van der Waals surface area contributed by atoms with E-state index in [-0.39, 0.29) is 5.91 Å². The van der Waals surface area contributed by atoms with Crippen LogP contribution in [0, 0.1) is 0 Å². The molecule has 0 fully saturated rings. The number of methoxy groups -OCH3 is 1. The molecule has 2 N–H and O–H groups in total. The Morgan fingerprint density at radius 3 is 2.62 bits per heavy atom.